The van der Waals surface area contributed by atoms with Crippen LogP contribution in [0.4, 0.5) is 0 Å². The molecule has 1 saturated heterocycles. The van der Waals surface area contributed by atoms with E-state index >= 15 is 0 Å². The molecule has 0 amide bonds. The first kappa shape index (κ1) is 18.8. The van der Waals surface area contributed by atoms with Gasteiger partial charge in [-0.1, -0.05) is 42.0 Å². The van der Waals surface area contributed by atoms with E-state index < -0.39 is 37.3 Å². The highest BCUT2D eigenvalue weighted by molar-refractivity contribution is 5.32. The van der Waals surface area contributed by atoms with E-state index in [2.05, 4.69) is 31.2 Å². The van der Waals surface area contributed by atoms with E-state index in [-0.39, 0.29) is 0 Å². The number of hydrogen-bond acceptors (Lipinski definition) is 6. The molecular formula is C20H24O6. The molecule has 26 heavy (non-hydrogen) atoms. The first-order valence-electron chi connectivity index (χ1n) is 8.59. The molecule has 1 fully saturated rings. The Bertz CT molecular complexity index is 697. The molecule has 0 bridgehead atoms. The summed E-state index contributed by atoms with van der Waals surface area (Å²) in [6.45, 7) is 1.56. The zero-order valence-electron chi connectivity index (χ0n) is 14.5. The number of aliphatic hydroxyl groups is 4. The van der Waals surface area contributed by atoms with Crippen molar-refractivity contribution < 1.29 is 29.9 Å². The minimum absolute atomic E-state index is 0.460. The van der Waals surface area contributed by atoms with Gasteiger partial charge in [-0.15, -0.1) is 0 Å². The molecule has 1 aliphatic heterocycles. The first-order valence-corrected chi connectivity index (χ1v) is 8.59. The number of aryl methyl sites for hydroxylation is 1. The molecule has 2 aromatic carbocycles. The third-order valence-electron chi connectivity index (χ3n) is 4.55. The van der Waals surface area contributed by atoms with Gasteiger partial charge in [-0.05, 0) is 36.6 Å². The van der Waals surface area contributed by atoms with Crippen LogP contribution in [0.2, 0.25) is 0 Å². The Balaban J connectivity index is 1.64. The van der Waals surface area contributed by atoms with E-state index in [0.717, 1.165) is 12.0 Å². The van der Waals surface area contributed by atoms with Crippen molar-refractivity contribution in [1.29, 1.82) is 0 Å². The average molecular weight is 360 g/mol. The molecule has 0 radical (unpaired) electrons. The summed E-state index contributed by atoms with van der Waals surface area (Å²) in [6, 6.07) is 15.7. The van der Waals surface area contributed by atoms with Crippen molar-refractivity contribution in [3.8, 4) is 5.75 Å². The fraction of sp³-hybridized carbons (Fsp3) is 0.400. The van der Waals surface area contributed by atoms with Gasteiger partial charge < -0.3 is 29.9 Å². The van der Waals surface area contributed by atoms with Crippen molar-refractivity contribution in [2.75, 3.05) is 6.61 Å². The van der Waals surface area contributed by atoms with E-state index in [1.54, 1.807) is 12.1 Å². The molecular weight excluding hydrogens is 336 g/mol. The van der Waals surface area contributed by atoms with Crippen LogP contribution in [0.3, 0.4) is 0 Å². The Kier molecular flexibility index (Phi) is 5.90. The predicted octanol–water partition coefficient (Wildman–Crippen LogP) is 0.765. The van der Waals surface area contributed by atoms with Crippen LogP contribution in [0.25, 0.3) is 0 Å². The minimum atomic E-state index is -1.45. The number of aliphatic hydroxyl groups excluding tert-OH is 4. The van der Waals surface area contributed by atoms with E-state index in [1.165, 1.54) is 11.1 Å². The molecule has 5 atom stereocenters. The van der Waals surface area contributed by atoms with Crippen LogP contribution in [0.15, 0.2) is 48.5 Å². The second-order valence-electron chi connectivity index (χ2n) is 6.62. The van der Waals surface area contributed by atoms with Gasteiger partial charge in [0.25, 0.3) is 0 Å². The van der Waals surface area contributed by atoms with Crippen LogP contribution in [-0.2, 0) is 11.2 Å². The van der Waals surface area contributed by atoms with Crippen LogP contribution < -0.4 is 4.74 Å². The maximum atomic E-state index is 10.0. The third-order valence-corrected chi connectivity index (χ3v) is 4.55. The Hall–Kier alpha value is -1.96. The molecule has 1 aliphatic rings. The van der Waals surface area contributed by atoms with Crippen molar-refractivity contribution >= 4 is 0 Å². The summed E-state index contributed by atoms with van der Waals surface area (Å²) in [4.78, 5) is 0. The highest BCUT2D eigenvalue weighted by atomic mass is 16.7. The zero-order chi connectivity index (χ0) is 18.7. The zero-order valence-corrected chi connectivity index (χ0v) is 14.5. The molecule has 0 spiro atoms. The normalized spacial score (nSPS) is 28.7. The highest BCUT2D eigenvalue weighted by Crippen LogP contribution is 2.25. The Morgan fingerprint density at radius 3 is 2.00 bits per heavy atom. The third kappa shape index (κ3) is 4.23. The average Bonchev–Trinajstić information content (AvgIpc) is 2.65. The van der Waals surface area contributed by atoms with Crippen molar-refractivity contribution in [3.63, 3.8) is 0 Å². The van der Waals surface area contributed by atoms with Gasteiger partial charge in [0, 0.05) is 0 Å². The maximum Gasteiger partial charge on any atom is 0.229 e. The van der Waals surface area contributed by atoms with Crippen LogP contribution in [0.5, 0.6) is 5.75 Å². The predicted molar refractivity (Wildman–Crippen MR) is 94.8 cm³/mol. The van der Waals surface area contributed by atoms with Crippen molar-refractivity contribution in [2.24, 2.45) is 0 Å². The summed E-state index contributed by atoms with van der Waals surface area (Å²) < 4.78 is 10.9. The van der Waals surface area contributed by atoms with Crippen LogP contribution in [0, 0.1) is 6.92 Å². The molecule has 1 heterocycles. The Morgan fingerprint density at radius 2 is 1.42 bits per heavy atom. The number of benzene rings is 2. The number of rotatable bonds is 5. The lowest BCUT2D eigenvalue weighted by molar-refractivity contribution is -0.277. The van der Waals surface area contributed by atoms with Gasteiger partial charge >= 0.3 is 0 Å². The molecule has 2 aromatic rings. The van der Waals surface area contributed by atoms with E-state index in [4.69, 9.17) is 9.47 Å². The molecule has 4 N–H and O–H groups in total. The van der Waals surface area contributed by atoms with Crippen molar-refractivity contribution in [1.82, 2.24) is 0 Å². The Morgan fingerprint density at radius 1 is 0.846 bits per heavy atom. The van der Waals surface area contributed by atoms with Gasteiger partial charge in [0.15, 0.2) is 0 Å². The first-order chi connectivity index (χ1) is 12.5. The summed E-state index contributed by atoms with van der Waals surface area (Å²) in [5, 5.41) is 38.8. The van der Waals surface area contributed by atoms with Crippen LogP contribution in [0.1, 0.15) is 16.7 Å². The molecule has 0 aliphatic carbocycles. The molecule has 0 aromatic heterocycles. The molecule has 0 saturated carbocycles. The van der Waals surface area contributed by atoms with Gasteiger partial charge in [0.2, 0.25) is 6.29 Å². The summed E-state index contributed by atoms with van der Waals surface area (Å²) >= 11 is 0. The number of hydrogen-bond donors (Lipinski definition) is 4. The fourth-order valence-corrected chi connectivity index (χ4v) is 2.93. The van der Waals surface area contributed by atoms with Gasteiger partial charge in [0.1, 0.15) is 30.2 Å². The van der Waals surface area contributed by atoms with Gasteiger partial charge in [-0.2, -0.15) is 0 Å². The van der Waals surface area contributed by atoms with Crippen LogP contribution in [-0.4, -0.2) is 57.7 Å². The second-order valence-corrected chi connectivity index (χ2v) is 6.62. The second kappa shape index (κ2) is 8.16. The number of ether oxygens (including phenoxy) is 2. The monoisotopic (exact) mass is 360 g/mol. The van der Waals surface area contributed by atoms with Crippen LogP contribution >= 0.6 is 0 Å². The van der Waals surface area contributed by atoms with Gasteiger partial charge in [-0.3, -0.25) is 0 Å². The molecule has 140 valence electrons. The lowest BCUT2D eigenvalue weighted by Crippen LogP contribution is -2.60. The molecule has 0 unspecified atom stereocenters. The van der Waals surface area contributed by atoms with Crippen molar-refractivity contribution in [3.05, 3.63) is 65.2 Å². The summed E-state index contributed by atoms with van der Waals surface area (Å²) in [5.41, 5.74) is 3.53. The lowest BCUT2D eigenvalue weighted by atomic mass is 9.99. The minimum Gasteiger partial charge on any atom is -0.462 e. The lowest BCUT2D eigenvalue weighted by Gasteiger charge is -2.39. The van der Waals surface area contributed by atoms with E-state index in [0.29, 0.717) is 5.75 Å². The molecule has 6 heteroatoms. The SMILES string of the molecule is Cc1ccc(Cc2ccc(O[C@@H]3O[C@H](CO)[C@@H](O)[C@H](O)[C@H]3O)cc2)cc1. The Labute approximate surface area is 152 Å². The van der Waals surface area contributed by atoms with Gasteiger partial charge in [-0.25, -0.2) is 0 Å². The fourth-order valence-electron chi connectivity index (χ4n) is 2.93. The van der Waals surface area contributed by atoms with E-state index in [1.807, 2.05) is 12.1 Å². The molecule has 3 rings (SSSR count). The largest absolute Gasteiger partial charge is 0.462 e. The van der Waals surface area contributed by atoms with Crippen molar-refractivity contribution in [2.45, 2.75) is 44.1 Å². The standard InChI is InChI=1S/C20H24O6/c1-12-2-4-13(5-3-12)10-14-6-8-15(9-7-14)25-20-19(24)18(23)17(22)16(11-21)26-20/h2-9,16-24H,10-11H2,1H3/t16-,17-,18+,19-,20-/m1/s1. The summed E-state index contributed by atoms with van der Waals surface area (Å²) in [7, 11) is 0. The highest BCUT2D eigenvalue weighted by Gasteiger charge is 2.44. The van der Waals surface area contributed by atoms with Gasteiger partial charge in [0.05, 0.1) is 6.61 Å². The van der Waals surface area contributed by atoms with E-state index in [9.17, 15) is 20.4 Å². The summed E-state index contributed by atoms with van der Waals surface area (Å²) in [6.07, 6.45) is -5.63. The summed E-state index contributed by atoms with van der Waals surface area (Å²) in [5.74, 6) is 0.460. The topological polar surface area (TPSA) is 99.4 Å². The smallest absolute Gasteiger partial charge is 0.229 e. The maximum absolute atomic E-state index is 10.0. The molecule has 6 nitrogen and oxygen atoms in total. The quantitative estimate of drug-likeness (QED) is 0.628.